The number of methoxy groups -OCH3 is 1. The first-order chi connectivity index (χ1) is 10.7. The van der Waals surface area contributed by atoms with Crippen molar-refractivity contribution in [2.75, 3.05) is 26.9 Å². The molecule has 0 heterocycles. The van der Waals surface area contributed by atoms with E-state index in [1.54, 1.807) is 13.2 Å². The number of hydrogen-bond acceptors (Lipinski definition) is 3. The molecule has 1 rings (SSSR count). The lowest BCUT2D eigenvalue weighted by Crippen LogP contribution is -2.23. The van der Waals surface area contributed by atoms with Gasteiger partial charge in [0.1, 0.15) is 5.75 Å². The van der Waals surface area contributed by atoms with E-state index in [4.69, 9.17) is 9.47 Å². The Hall–Kier alpha value is -1.33. The van der Waals surface area contributed by atoms with Crippen LogP contribution in [0.2, 0.25) is 0 Å². The molecule has 0 saturated carbocycles. The highest BCUT2D eigenvalue weighted by atomic mass is 79.9. The summed E-state index contributed by atoms with van der Waals surface area (Å²) in [6, 6.07) is 5.66. The number of ether oxygens (including phenoxy) is 2. The van der Waals surface area contributed by atoms with Crippen molar-refractivity contribution in [1.82, 2.24) is 5.32 Å². The Morgan fingerprint density at radius 2 is 2.09 bits per heavy atom. The zero-order valence-electron chi connectivity index (χ0n) is 13.2. The molecule has 0 bridgehead atoms. The molecular weight excluding hydrogens is 346 g/mol. The summed E-state index contributed by atoms with van der Waals surface area (Å²) >= 11 is 3.41. The lowest BCUT2D eigenvalue weighted by molar-refractivity contribution is -0.116. The fourth-order valence-electron chi connectivity index (χ4n) is 1.79. The van der Waals surface area contributed by atoms with Gasteiger partial charge in [0.15, 0.2) is 0 Å². The Bertz CT molecular complexity index is 489. The molecule has 0 atom stereocenters. The van der Waals surface area contributed by atoms with E-state index in [9.17, 15) is 4.79 Å². The van der Waals surface area contributed by atoms with E-state index >= 15 is 0 Å². The number of amides is 1. The molecule has 0 spiro atoms. The van der Waals surface area contributed by atoms with Crippen LogP contribution < -0.4 is 10.1 Å². The maximum Gasteiger partial charge on any atom is 0.244 e. The van der Waals surface area contributed by atoms with E-state index in [-0.39, 0.29) is 5.91 Å². The molecule has 0 aromatic heterocycles. The Morgan fingerprint density at radius 3 is 2.82 bits per heavy atom. The maximum absolute atomic E-state index is 11.7. The summed E-state index contributed by atoms with van der Waals surface area (Å²) < 4.78 is 11.6. The minimum absolute atomic E-state index is 0.115. The van der Waals surface area contributed by atoms with Crippen molar-refractivity contribution in [3.8, 4) is 5.75 Å². The van der Waals surface area contributed by atoms with Crippen LogP contribution in [0.15, 0.2) is 28.7 Å². The van der Waals surface area contributed by atoms with E-state index in [0.717, 1.165) is 41.7 Å². The maximum atomic E-state index is 11.7. The molecular formula is C17H24BrNO3. The van der Waals surface area contributed by atoms with Crippen molar-refractivity contribution in [2.45, 2.75) is 26.2 Å². The number of nitrogens with one attached hydrogen (secondary N) is 1. The predicted molar refractivity (Wildman–Crippen MR) is 93.1 cm³/mol. The van der Waals surface area contributed by atoms with Crippen LogP contribution in [0, 0.1) is 0 Å². The molecule has 1 amide bonds. The van der Waals surface area contributed by atoms with Gasteiger partial charge in [0.25, 0.3) is 0 Å². The first-order valence-electron chi connectivity index (χ1n) is 7.54. The Kier molecular flexibility index (Phi) is 9.59. The van der Waals surface area contributed by atoms with Crippen molar-refractivity contribution in [3.63, 3.8) is 0 Å². The highest BCUT2D eigenvalue weighted by molar-refractivity contribution is 9.10. The zero-order chi connectivity index (χ0) is 16.2. The third kappa shape index (κ3) is 7.61. The van der Waals surface area contributed by atoms with Crippen LogP contribution in [0.3, 0.4) is 0 Å². The summed E-state index contributed by atoms with van der Waals surface area (Å²) in [5, 5.41) is 2.84. The molecule has 0 aliphatic rings. The molecule has 0 aliphatic heterocycles. The van der Waals surface area contributed by atoms with Crippen LogP contribution in [0.1, 0.15) is 31.7 Å². The molecule has 22 heavy (non-hydrogen) atoms. The summed E-state index contributed by atoms with van der Waals surface area (Å²) in [7, 11) is 1.61. The second-order valence-corrected chi connectivity index (χ2v) is 5.75. The topological polar surface area (TPSA) is 47.6 Å². The Labute approximate surface area is 141 Å². The quantitative estimate of drug-likeness (QED) is 0.504. The van der Waals surface area contributed by atoms with Crippen molar-refractivity contribution in [2.24, 2.45) is 0 Å². The molecule has 0 radical (unpaired) electrons. The zero-order valence-corrected chi connectivity index (χ0v) is 14.8. The Morgan fingerprint density at radius 1 is 1.32 bits per heavy atom. The third-order valence-corrected chi connectivity index (χ3v) is 3.51. The lowest BCUT2D eigenvalue weighted by Gasteiger charge is -2.05. The van der Waals surface area contributed by atoms with Gasteiger partial charge in [-0.1, -0.05) is 29.3 Å². The standard InChI is InChI=1S/C17H24BrNO3/c1-3-4-11-22-12-5-10-19-17(20)9-6-14-13-15(18)7-8-16(14)21-2/h6-9,13H,3-5,10-12H2,1-2H3,(H,19,20)/b9-6+. The van der Waals surface area contributed by atoms with Crippen molar-refractivity contribution in [1.29, 1.82) is 0 Å². The normalized spacial score (nSPS) is 10.9. The minimum atomic E-state index is -0.115. The van der Waals surface area contributed by atoms with Crippen molar-refractivity contribution >= 4 is 27.9 Å². The van der Waals surface area contributed by atoms with Crippen LogP contribution in [-0.4, -0.2) is 32.8 Å². The van der Waals surface area contributed by atoms with Gasteiger partial charge in [-0.3, -0.25) is 4.79 Å². The molecule has 122 valence electrons. The van der Waals surface area contributed by atoms with Gasteiger partial charge in [-0.25, -0.2) is 0 Å². The van der Waals surface area contributed by atoms with Gasteiger partial charge >= 0.3 is 0 Å². The summed E-state index contributed by atoms with van der Waals surface area (Å²) in [6.45, 7) is 4.23. The monoisotopic (exact) mass is 369 g/mol. The number of carbonyl (C=O) groups is 1. The van der Waals surface area contributed by atoms with Crippen LogP contribution in [-0.2, 0) is 9.53 Å². The van der Waals surface area contributed by atoms with Gasteiger partial charge in [0.2, 0.25) is 5.91 Å². The second kappa shape index (κ2) is 11.3. The summed E-state index contributed by atoms with van der Waals surface area (Å²) in [6.07, 6.45) is 6.31. The smallest absolute Gasteiger partial charge is 0.244 e. The molecule has 0 unspecified atom stereocenters. The highest BCUT2D eigenvalue weighted by Crippen LogP contribution is 2.23. The van der Waals surface area contributed by atoms with Crippen LogP contribution >= 0.6 is 15.9 Å². The number of benzene rings is 1. The molecule has 0 fully saturated rings. The Balaban J connectivity index is 2.31. The van der Waals surface area contributed by atoms with Gasteiger partial charge in [0, 0.05) is 35.9 Å². The summed E-state index contributed by atoms with van der Waals surface area (Å²) in [5.74, 6) is 0.618. The fourth-order valence-corrected chi connectivity index (χ4v) is 2.17. The number of carbonyl (C=O) groups excluding carboxylic acids is 1. The van der Waals surface area contributed by atoms with Gasteiger partial charge in [-0.2, -0.15) is 0 Å². The third-order valence-electron chi connectivity index (χ3n) is 3.01. The first-order valence-corrected chi connectivity index (χ1v) is 8.34. The van der Waals surface area contributed by atoms with E-state index in [2.05, 4.69) is 28.2 Å². The lowest BCUT2D eigenvalue weighted by atomic mass is 10.2. The number of halogens is 1. The molecule has 5 heteroatoms. The first kappa shape index (κ1) is 18.7. The summed E-state index contributed by atoms with van der Waals surface area (Å²) in [5.41, 5.74) is 0.856. The minimum Gasteiger partial charge on any atom is -0.496 e. The van der Waals surface area contributed by atoms with Crippen molar-refractivity contribution in [3.05, 3.63) is 34.3 Å². The average Bonchev–Trinajstić information content (AvgIpc) is 2.52. The predicted octanol–water partition coefficient (Wildman–Crippen LogP) is 3.79. The van der Waals surface area contributed by atoms with Gasteiger partial charge < -0.3 is 14.8 Å². The molecule has 1 N–H and O–H groups in total. The van der Waals surface area contributed by atoms with Crippen LogP contribution in [0.25, 0.3) is 6.08 Å². The van der Waals surface area contributed by atoms with E-state index < -0.39 is 0 Å². The van der Waals surface area contributed by atoms with Gasteiger partial charge in [-0.15, -0.1) is 0 Å². The summed E-state index contributed by atoms with van der Waals surface area (Å²) in [4.78, 5) is 11.7. The molecule has 4 nitrogen and oxygen atoms in total. The second-order valence-electron chi connectivity index (χ2n) is 4.83. The SMILES string of the molecule is CCCCOCCCNC(=O)/C=C/c1cc(Br)ccc1OC. The number of hydrogen-bond donors (Lipinski definition) is 1. The largest absolute Gasteiger partial charge is 0.496 e. The average molecular weight is 370 g/mol. The van der Waals surface area contributed by atoms with Gasteiger partial charge in [0.05, 0.1) is 7.11 Å². The molecule has 1 aromatic carbocycles. The number of unbranched alkanes of at least 4 members (excludes halogenated alkanes) is 1. The van der Waals surface area contributed by atoms with Crippen molar-refractivity contribution < 1.29 is 14.3 Å². The molecule has 0 aliphatic carbocycles. The van der Waals surface area contributed by atoms with Gasteiger partial charge in [-0.05, 0) is 37.1 Å². The van der Waals surface area contributed by atoms with Crippen LogP contribution in [0.4, 0.5) is 0 Å². The fraction of sp³-hybridized carbons (Fsp3) is 0.471. The van der Waals surface area contributed by atoms with E-state index in [0.29, 0.717) is 13.2 Å². The highest BCUT2D eigenvalue weighted by Gasteiger charge is 2.01. The van der Waals surface area contributed by atoms with Crippen LogP contribution in [0.5, 0.6) is 5.75 Å². The molecule has 0 saturated heterocycles. The number of rotatable bonds is 10. The van der Waals surface area contributed by atoms with E-state index in [1.165, 1.54) is 6.08 Å². The molecule has 1 aromatic rings. The van der Waals surface area contributed by atoms with E-state index in [1.807, 2.05) is 18.2 Å².